The van der Waals surface area contributed by atoms with Crippen LogP contribution in [0.2, 0.25) is 6.04 Å². The van der Waals surface area contributed by atoms with Crippen molar-refractivity contribution in [3.8, 4) is 0 Å². The van der Waals surface area contributed by atoms with E-state index >= 15 is 0 Å². The maximum absolute atomic E-state index is 5.79. The second kappa shape index (κ2) is 9.95. The molecule has 0 bridgehead atoms. The lowest BCUT2D eigenvalue weighted by atomic mass is 10.2. The zero-order chi connectivity index (χ0) is 15.6. The zero-order valence-electron chi connectivity index (χ0n) is 13.8. The molecule has 1 atom stereocenters. The van der Waals surface area contributed by atoms with Gasteiger partial charge in [-0.2, -0.15) is 0 Å². The summed E-state index contributed by atoms with van der Waals surface area (Å²) >= 11 is 0. The van der Waals surface area contributed by atoms with Crippen LogP contribution in [-0.4, -0.2) is 59.4 Å². The van der Waals surface area contributed by atoms with E-state index in [9.17, 15) is 0 Å². The average molecular weight is 320 g/mol. The van der Waals surface area contributed by atoms with Gasteiger partial charge in [0.2, 0.25) is 0 Å². The van der Waals surface area contributed by atoms with Crippen LogP contribution in [0.25, 0.3) is 6.08 Å². The zero-order valence-corrected chi connectivity index (χ0v) is 15.0. The quantitative estimate of drug-likeness (QED) is 0.650. The van der Waals surface area contributed by atoms with Crippen molar-refractivity contribution in [2.45, 2.75) is 19.4 Å². The first-order chi connectivity index (χ1) is 10.8. The molecule has 0 aliphatic carbocycles. The predicted molar refractivity (Wildman–Crippen MR) is 96.5 cm³/mol. The van der Waals surface area contributed by atoms with Crippen molar-refractivity contribution in [3.63, 3.8) is 0 Å². The Labute approximate surface area is 136 Å². The lowest BCUT2D eigenvalue weighted by Gasteiger charge is -2.27. The number of morpholine rings is 1. The highest BCUT2D eigenvalue weighted by atomic mass is 28.3. The molecule has 1 aliphatic rings. The molecule has 0 aromatic heterocycles. The van der Waals surface area contributed by atoms with Crippen LogP contribution in [0.15, 0.2) is 30.8 Å². The number of hydrogen-bond acceptors (Lipinski definition) is 3. The highest BCUT2D eigenvalue weighted by molar-refractivity contribution is 6.73. The normalized spacial score (nSPS) is 17.3. The molecule has 1 aromatic carbocycles. The molecule has 0 saturated carbocycles. The molecule has 1 fully saturated rings. The van der Waals surface area contributed by atoms with E-state index in [2.05, 4.69) is 42.7 Å². The van der Waals surface area contributed by atoms with Crippen LogP contribution in [0, 0.1) is 0 Å². The minimum atomic E-state index is -1.09. The van der Waals surface area contributed by atoms with E-state index in [0.29, 0.717) is 0 Å². The molecule has 0 N–H and O–H groups in total. The minimum absolute atomic E-state index is 0.809. The summed E-state index contributed by atoms with van der Waals surface area (Å²) in [5.74, 6) is 0. The van der Waals surface area contributed by atoms with Gasteiger partial charge >= 0.3 is 0 Å². The second-order valence-electron chi connectivity index (χ2n) is 5.79. The summed E-state index contributed by atoms with van der Waals surface area (Å²) in [4.78, 5) is 2.52. The van der Waals surface area contributed by atoms with E-state index in [0.717, 1.165) is 39.1 Å². The Morgan fingerprint density at radius 3 is 2.82 bits per heavy atom. The number of hydrogen-bond donors (Lipinski definition) is 0. The van der Waals surface area contributed by atoms with Gasteiger partial charge in [0.1, 0.15) is 8.80 Å². The van der Waals surface area contributed by atoms with Crippen molar-refractivity contribution in [2.24, 2.45) is 0 Å². The van der Waals surface area contributed by atoms with Gasteiger partial charge in [0.15, 0.2) is 0 Å². The predicted octanol–water partition coefficient (Wildman–Crippen LogP) is 2.06. The van der Waals surface area contributed by atoms with Crippen molar-refractivity contribution < 1.29 is 9.47 Å². The summed E-state index contributed by atoms with van der Waals surface area (Å²) in [5, 5.41) is 1.51. The molecule has 1 aliphatic heterocycles. The molecule has 4 heteroatoms. The summed E-state index contributed by atoms with van der Waals surface area (Å²) in [6.07, 6.45) is 4.18. The van der Waals surface area contributed by atoms with Crippen molar-refractivity contribution in [1.82, 2.24) is 4.90 Å². The van der Waals surface area contributed by atoms with E-state index in [-0.39, 0.29) is 0 Å². The average Bonchev–Trinajstić information content (AvgIpc) is 2.59. The molecule has 122 valence electrons. The lowest BCUT2D eigenvalue weighted by Crippen LogP contribution is -2.40. The van der Waals surface area contributed by atoms with Gasteiger partial charge < -0.3 is 9.47 Å². The van der Waals surface area contributed by atoms with Gasteiger partial charge in [-0.3, -0.25) is 4.90 Å². The van der Waals surface area contributed by atoms with Gasteiger partial charge in [-0.1, -0.05) is 48.2 Å². The van der Waals surface area contributed by atoms with Gasteiger partial charge in [-0.25, -0.2) is 0 Å². The van der Waals surface area contributed by atoms with Gasteiger partial charge in [0.05, 0.1) is 13.2 Å². The van der Waals surface area contributed by atoms with Gasteiger partial charge in [0, 0.05) is 25.9 Å². The molecule has 1 unspecified atom stereocenters. The number of nitrogens with zero attached hydrogens (tertiary/aromatic N) is 1. The maximum atomic E-state index is 5.79. The van der Waals surface area contributed by atoms with Gasteiger partial charge in [-0.15, -0.1) is 0 Å². The highest BCUT2D eigenvalue weighted by Crippen LogP contribution is 2.08. The molecular weight excluding hydrogens is 290 g/mol. The van der Waals surface area contributed by atoms with Crippen molar-refractivity contribution in [3.05, 3.63) is 36.4 Å². The monoisotopic (exact) mass is 319 g/mol. The summed E-state index contributed by atoms with van der Waals surface area (Å²) in [5.41, 5.74) is 1.30. The molecule has 0 radical (unpaired) electrons. The Hall–Kier alpha value is -0.943. The van der Waals surface area contributed by atoms with Crippen LogP contribution >= 0.6 is 0 Å². The largest absolute Gasteiger partial charge is 0.385 e. The highest BCUT2D eigenvalue weighted by Gasteiger charge is 2.17. The summed E-state index contributed by atoms with van der Waals surface area (Å²) < 4.78 is 11.2. The van der Waals surface area contributed by atoms with Crippen LogP contribution in [0.1, 0.15) is 18.9 Å². The van der Waals surface area contributed by atoms with Crippen LogP contribution in [0.4, 0.5) is 0 Å². The fraction of sp³-hybridized carbons (Fsp3) is 0.556. The molecule has 0 amide bonds. The van der Waals surface area contributed by atoms with E-state index < -0.39 is 8.80 Å². The Bertz CT molecular complexity index is 446. The summed E-state index contributed by atoms with van der Waals surface area (Å²) in [7, 11) is -1.09. The number of benzene rings is 1. The maximum Gasteiger partial charge on any atom is 0.101 e. The van der Waals surface area contributed by atoms with Gasteiger partial charge in [0.25, 0.3) is 0 Å². The number of rotatable bonds is 9. The Kier molecular flexibility index (Phi) is 7.87. The molecule has 0 spiro atoms. The molecule has 1 saturated heterocycles. The first-order valence-electron chi connectivity index (χ1n) is 8.44. The van der Waals surface area contributed by atoms with E-state index in [1.807, 2.05) is 6.08 Å². The number of ether oxygens (including phenoxy) is 2. The van der Waals surface area contributed by atoms with Crippen LogP contribution < -0.4 is 5.19 Å². The van der Waals surface area contributed by atoms with Crippen LogP contribution in [0.3, 0.4) is 0 Å². The fourth-order valence-corrected chi connectivity index (χ4v) is 5.96. The lowest BCUT2D eigenvalue weighted by molar-refractivity contribution is 0.0379. The standard InChI is InChI=1S/C18H29NO2Si/c1-3-17-8-5-6-9-18(17)22(16-20-4-2)15-7-10-19-11-13-21-14-12-19/h3,5-6,8-9,22H,1,4,7,10-16H2,2H3. The third-order valence-electron chi connectivity index (χ3n) is 4.31. The Morgan fingerprint density at radius 1 is 1.32 bits per heavy atom. The molecule has 2 rings (SSSR count). The summed E-state index contributed by atoms with van der Waals surface area (Å²) in [6, 6.07) is 10.00. The van der Waals surface area contributed by atoms with Crippen molar-refractivity contribution >= 4 is 20.1 Å². The molecule has 1 aromatic rings. The first kappa shape index (κ1) is 17.4. The second-order valence-corrected chi connectivity index (χ2v) is 8.71. The smallest absolute Gasteiger partial charge is 0.101 e. The van der Waals surface area contributed by atoms with Crippen LogP contribution in [0.5, 0.6) is 0 Å². The van der Waals surface area contributed by atoms with Gasteiger partial charge in [-0.05, 0) is 25.5 Å². The van der Waals surface area contributed by atoms with E-state index in [1.54, 1.807) is 0 Å². The molecule has 22 heavy (non-hydrogen) atoms. The Morgan fingerprint density at radius 2 is 2.09 bits per heavy atom. The van der Waals surface area contributed by atoms with E-state index in [1.165, 1.54) is 29.8 Å². The summed E-state index contributed by atoms with van der Waals surface area (Å²) in [6.45, 7) is 12.0. The molecule has 3 nitrogen and oxygen atoms in total. The minimum Gasteiger partial charge on any atom is -0.385 e. The molecule has 1 heterocycles. The SMILES string of the molecule is C=Cc1ccccc1[SiH](CCCN1CCOCC1)COCC. The fourth-order valence-electron chi connectivity index (χ4n) is 3.04. The first-order valence-corrected chi connectivity index (χ1v) is 10.7. The third-order valence-corrected chi connectivity index (χ3v) is 7.46. The third kappa shape index (κ3) is 5.36. The molecular formula is C18H29NO2Si. The van der Waals surface area contributed by atoms with Crippen LogP contribution in [-0.2, 0) is 9.47 Å². The van der Waals surface area contributed by atoms with Crippen molar-refractivity contribution in [1.29, 1.82) is 0 Å². The van der Waals surface area contributed by atoms with Crippen molar-refractivity contribution in [2.75, 3.05) is 45.7 Å². The van der Waals surface area contributed by atoms with E-state index in [4.69, 9.17) is 9.47 Å². The topological polar surface area (TPSA) is 21.7 Å². The Balaban J connectivity index is 1.91.